The summed E-state index contributed by atoms with van der Waals surface area (Å²) in [5.74, 6) is -0.993. The number of carbonyl (C=O) groups excluding carboxylic acids is 2. The van der Waals surface area contributed by atoms with Crippen molar-refractivity contribution in [2.45, 2.75) is 34.1 Å². The van der Waals surface area contributed by atoms with Crippen molar-refractivity contribution in [1.29, 1.82) is 0 Å². The molecule has 0 aliphatic carbocycles. The molecule has 2 aromatic carbocycles. The summed E-state index contributed by atoms with van der Waals surface area (Å²) in [7, 11) is 0. The van der Waals surface area contributed by atoms with Gasteiger partial charge in [-0.3, -0.25) is 9.59 Å². The molecule has 0 saturated carbocycles. The fourth-order valence-corrected chi connectivity index (χ4v) is 2.53. The molecule has 0 aromatic heterocycles. The van der Waals surface area contributed by atoms with Crippen molar-refractivity contribution in [1.82, 2.24) is 5.32 Å². The molecule has 0 aliphatic rings. The average molecular weight is 356 g/mol. The summed E-state index contributed by atoms with van der Waals surface area (Å²) in [5.41, 5.74) is 2.47. The van der Waals surface area contributed by atoms with Gasteiger partial charge in [0, 0.05) is 12.2 Å². The fourth-order valence-electron chi connectivity index (χ4n) is 2.53. The Kier molecular flexibility index (Phi) is 6.14. The maximum absolute atomic E-state index is 12.9. The number of carbonyl (C=O) groups is 2. The number of hydrogen-bond acceptors (Lipinski definition) is 2. The summed E-state index contributed by atoms with van der Waals surface area (Å²) in [6.45, 7) is 7.47. The second-order valence-corrected chi connectivity index (χ2v) is 7.03. The zero-order valence-corrected chi connectivity index (χ0v) is 15.7. The molecule has 0 bridgehead atoms. The molecule has 0 radical (unpaired) electrons. The molecule has 2 rings (SSSR count). The van der Waals surface area contributed by atoms with Crippen LogP contribution in [0, 0.1) is 25.1 Å². The monoisotopic (exact) mass is 356 g/mol. The van der Waals surface area contributed by atoms with Gasteiger partial charge in [-0.25, -0.2) is 4.39 Å². The molecule has 2 N–H and O–H groups in total. The van der Waals surface area contributed by atoms with Crippen molar-refractivity contribution in [2.75, 3.05) is 11.9 Å². The second-order valence-electron chi connectivity index (χ2n) is 7.03. The van der Waals surface area contributed by atoms with Crippen LogP contribution in [0.2, 0.25) is 0 Å². The molecule has 0 atom stereocenters. The molecular weight excluding hydrogens is 331 g/mol. The summed E-state index contributed by atoms with van der Waals surface area (Å²) in [6.07, 6.45) is 0.570. The highest BCUT2D eigenvalue weighted by molar-refractivity contribution is 6.10. The standard InChI is InChI=1S/C21H25FN2O2/c1-14-5-10-18(15(2)13-14)24-20(26)21(3,4)19(25)23-12-11-16-6-8-17(22)9-7-16/h5-10,13H,11-12H2,1-4H3,(H,23,25)(H,24,26). The van der Waals surface area contributed by atoms with Gasteiger partial charge in [0.2, 0.25) is 11.8 Å². The number of benzene rings is 2. The SMILES string of the molecule is Cc1ccc(NC(=O)C(C)(C)C(=O)NCCc2ccc(F)cc2)c(C)c1. The van der Waals surface area contributed by atoms with Crippen molar-refractivity contribution >= 4 is 17.5 Å². The summed E-state index contributed by atoms with van der Waals surface area (Å²) >= 11 is 0. The zero-order valence-electron chi connectivity index (χ0n) is 15.7. The number of rotatable bonds is 6. The van der Waals surface area contributed by atoms with E-state index in [0.717, 1.165) is 16.7 Å². The molecule has 0 spiro atoms. The Morgan fingerprint density at radius 3 is 2.27 bits per heavy atom. The fraction of sp³-hybridized carbons (Fsp3) is 0.333. The normalized spacial score (nSPS) is 11.1. The molecular formula is C21H25FN2O2. The van der Waals surface area contributed by atoms with E-state index in [1.165, 1.54) is 12.1 Å². The third-order valence-electron chi connectivity index (χ3n) is 4.38. The van der Waals surface area contributed by atoms with Gasteiger partial charge in [-0.1, -0.05) is 29.8 Å². The first-order chi connectivity index (χ1) is 12.2. The van der Waals surface area contributed by atoms with Crippen molar-refractivity contribution in [3.05, 3.63) is 65.0 Å². The molecule has 0 aliphatic heterocycles. The van der Waals surface area contributed by atoms with Gasteiger partial charge in [-0.15, -0.1) is 0 Å². The van der Waals surface area contributed by atoms with Crippen molar-refractivity contribution < 1.29 is 14.0 Å². The lowest BCUT2D eigenvalue weighted by atomic mass is 9.90. The number of nitrogens with one attached hydrogen (secondary N) is 2. The summed E-state index contributed by atoms with van der Waals surface area (Å²) in [6, 6.07) is 11.9. The summed E-state index contributed by atoms with van der Waals surface area (Å²) < 4.78 is 12.9. The lowest BCUT2D eigenvalue weighted by molar-refractivity contribution is -0.138. The Morgan fingerprint density at radius 1 is 1.00 bits per heavy atom. The van der Waals surface area contributed by atoms with Gasteiger partial charge in [-0.05, 0) is 63.4 Å². The maximum Gasteiger partial charge on any atom is 0.239 e. The third kappa shape index (κ3) is 4.91. The minimum Gasteiger partial charge on any atom is -0.355 e. The molecule has 5 heteroatoms. The highest BCUT2D eigenvalue weighted by Gasteiger charge is 2.36. The van der Waals surface area contributed by atoms with E-state index in [4.69, 9.17) is 0 Å². The number of halogens is 1. The summed E-state index contributed by atoms with van der Waals surface area (Å²) in [5, 5.41) is 5.61. The van der Waals surface area contributed by atoms with Crippen molar-refractivity contribution in [3.63, 3.8) is 0 Å². The molecule has 0 unspecified atom stereocenters. The minimum atomic E-state index is -1.21. The van der Waals surface area contributed by atoms with E-state index in [2.05, 4.69) is 10.6 Å². The van der Waals surface area contributed by atoms with Gasteiger partial charge in [0.05, 0.1) is 0 Å². The molecule has 0 heterocycles. The Labute approximate surface area is 153 Å². The van der Waals surface area contributed by atoms with Gasteiger partial charge in [-0.2, -0.15) is 0 Å². The Hall–Kier alpha value is -2.69. The topological polar surface area (TPSA) is 58.2 Å². The van der Waals surface area contributed by atoms with Crippen molar-refractivity contribution in [3.8, 4) is 0 Å². The molecule has 4 nitrogen and oxygen atoms in total. The van der Waals surface area contributed by atoms with Crippen LogP contribution in [-0.2, 0) is 16.0 Å². The number of aryl methyl sites for hydroxylation is 2. The van der Waals surface area contributed by atoms with E-state index in [1.807, 2.05) is 32.0 Å². The second kappa shape index (κ2) is 8.13. The molecule has 2 amide bonds. The molecule has 138 valence electrons. The highest BCUT2D eigenvalue weighted by Crippen LogP contribution is 2.22. The quantitative estimate of drug-likeness (QED) is 0.774. The predicted molar refractivity (Wildman–Crippen MR) is 101 cm³/mol. The zero-order chi connectivity index (χ0) is 19.3. The first-order valence-corrected chi connectivity index (χ1v) is 8.61. The van der Waals surface area contributed by atoms with E-state index in [0.29, 0.717) is 18.7 Å². The van der Waals surface area contributed by atoms with Crippen LogP contribution in [0.25, 0.3) is 0 Å². The van der Waals surface area contributed by atoms with Crippen LogP contribution in [0.5, 0.6) is 0 Å². The van der Waals surface area contributed by atoms with E-state index in [9.17, 15) is 14.0 Å². The average Bonchev–Trinajstić information content (AvgIpc) is 2.58. The van der Waals surface area contributed by atoms with Crippen LogP contribution in [0.15, 0.2) is 42.5 Å². The van der Waals surface area contributed by atoms with Crippen LogP contribution in [0.1, 0.15) is 30.5 Å². The lowest BCUT2D eigenvalue weighted by Gasteiger charge is -2.23. The first-order valence-electron chi connectivity index (χ1n) is 8.61. The van der Waals surface area contributed by atoms with E-state index in [-0.39, 0.29) is 17.6 Å². The van der Waals surface area contributed by atoms with Crippen LogP contribution in [0.4, 0.5) is 10.1 Å². The predicted octanol–water partition coefficient (Wildman–Crippen LogP) is 3.77. The smallest absolute Gasteiger partial charge is 0.239 e. The Bertz CT molecular complexity index is 798. The maximum atomic E-state index is 12.9. The van der Waals surface area contributed by atoms with E-state index < -0.39 is 5.41 Å². The lowest BCUT2D eigenvalue weighted by Crippen LogP contribution is -2.45. The van der Waals surface area contributed by atoms with Gasteiger partial charge >= 0.3 is 0 Å². The van der Waals surface area contributed by atoms with Crippen LogP contribution >= 0.6 is 0 Å². The molecule has 26 heavy (non-hydrogen) atoms. The number of amides is 2. The minimum absolute atomic E-state index is 0.290. The Morgan fingerprint density at radius 2 is 1.65 bits per heavy atom. The first kappa shape index (κ1) is 19.6. The van der Waals surface area contributed by atoms with Crippen LogP contribution < -0.4 is 10.6 Å². The van der Waals surface area contributed by atoms with Crippen LogP contribution in [0.3, 0.4) is 0 Å². The molecule has 0 fully saturated rings. The highest BCUT2D eigenvalue weighted by atomic mass is 19.1. The molecule has 0 saturated heterocycles. The number of hydrogen-bond donors (Lipinski definition) is 2. The largest absolute Gasteiger partial charge is 0.355 e. The third-order valence-corrected chi connectivity index (χ3v) is 4.38. The van der Waals surface area contributed by atoms with Crippen molar-refractivity contribution in [2.24, 2.45) is 5.41 Å². The van der Waals surface area contributed by atoms with E-state index in [1.54, 1.807) is 26.0 Å². The van der Waals surface area contributed by atoms with Gasteiger partial charge in [0.15, 0.2) is 0 Å². The Balaban J connectivity index is 1.93. The summed E-state index contributed by atoms with van der Waals surface area (Å²) in [4.78, 5) is 25.0. The van der Waals surface area contributed by atoms with Gasteiger partial charge < -0.3 is 10.6 Å². The van der Waals surface area contributed by atoms with Gasteiger partial charge in [0.1, 0.15) is 11.2 Å². The van der Waals surface area contributed by atoms with E-state index >= 15 is 0 Å². The molecule has 2 aromatic rings. The van der Waals surface area contributed by atoms with Gasteiger partial charge in [0.25, 0.3) is 0 Å². The van der Waals surface area contributed by atoms with Crippen LogP contribution in [-0.4, -0.2) is 18.4 Å². The number of anilines is 1.